The van der Waals surface area contributed by atoms with Gasteiger partial charge in [-0.05, 0) is 36.8 Å². The summed E-state index contributed by atoms with van der Waals surface area (Å²) in [6.07, 6.45) is 0. The Bertz CT molecular complexity index is 766. The number of nitrogens with zero attached hydrogens (tertiary/aromatic N) is 1. The maximum Gasteiger partial charge on any atom is 0.248 e. The van der Waals surface area contributed by atoms with Gasteiger partial charge in [0.25, 0.3) is 0 Å². The van der Waals surface area contributed by atoms with Gasteiger partial charge in [-0.15, -0.1) is 0 Å². The topological polar surface area (TPSA) is 80.5 Å². The van der Waals surface area contributed by atoms with Gasteiger partial charge in [-0.25, -0.2) is 8.42 Å². The van der Waals surface area contributed by atoms with Crippen molar-refractivity contribution in [3.8, 4) is 0 Å². The van der Waals surface area contributed by atoms with Crippen molar-refractivity contribution in [1.82, 2.24) is 4.31 Å². The quantitative estimate of drug-likeness (QED) is 0.914. The van der Waals surface area contributed by atoms with Gasteiger partial charge in [0.1, 0.15) is 0 Å². The van der Waals surface area contributed by atoms with Gasteiger partial charge in [0.15, 0.2) is 0 Å². The predicted molar refractivity (Wildman–Crippen MR) is 84.8 cm³/mol. The van der Waals surface area contributed by atoms with Crippen LogP contribution >= 0.6 is 0 Å². The van der Waals surface area contributed by atoms with Crippen LogP contribution in [0.5, 0.6) is 0 Å². The highest BCUT2D eigenvalue weighted by atomic mass is 32.2. The molecule has 0 aliphatic heterocycles. The van der Waals surface area contributed by atoms with Gasteiger partial charge < -0.3 is 5.73 Å². The van der Waals surface area contributed by atoms with Crippen molar-refractivity contribution in [2.45, 2.75) is 18.4 Å². The maximum atomic E-state index is 12.5. The van der Waals surface area contributed by atoms with Crippen molar-refractivity contribution in [3.63, 3.8) is 0 Å². The number of amides is 1. The number of nitrogens with two attached hydrogens (primary N) is 1. The first kappa shape index (κ1) is 16.2. The van der Waals surface area contributed by atoms with Crippen molar-refractivity contribution >= 4 is 15.9 Å². The van der Waals surface area contributed by atoms with Crippen LogP contribution in [0.15, 0.2) is 53.4 Å². The molecule has 0 bridgehead atoms. The summed E-state index contributed by atoms with van der Waals surface area (Å²) < 4.78 is 26.2. The summed E-state index contributed by atoms with van der Waals surface area (Å²) in [6.45, 7) is 2.12. The summed E-state index contributed by atoms with van der Waals surface area (Å²) in [5, 5.41) is 0. The van der Waals surface area contributed by atoms with Crippen molar-refractivity contribution < 1.29 is 13.2 Å². The number of carbonyl (C=O) groups is 1. The third-order valence-electron chi connectivity index (χ3n) is 3.37. The smallest absolute Gasteiger partial charge is 0.248 e. The molecule has 0 unspecified atom stereocenters. The average Bonchev–Trinajstić information content (AvgIpc) is 2.48. The fourth-order valence-corrected chi connectivity index (χ4v) is 3.17. The van der Waals surface area contributed by atoms with Gasteiger partial charge in [-0.1, -0.05) is 29.8 Å². The molecule has 0 atom stereocenters. The highest BCUT2D eigenvalue weighted by molar-refractivity contribution is 7.89. The van der Waals surface area contributed by atoms with E-state index < -0.39 is 15.9 Å². The molecule has 0 fully saturated rings. The average molecular weight is 318 g/mol. The Balaban J connectivity index is 2.18. The number of benzene rings is 2. The Hall–Kier alpha value is -2.18. The van der Waals surface area contributed by atoms with Crippen LogP contribution in [-0.4, -0.2) is 25.7 Å². The number of rotatable bonds is 5. The number of primary amides is 1. The minimum absolute atomic E-state index is 0.218. The zero-order valence-corrected chi connectivity index (χ0v) is 13.3. The van der Waals surface area contributed by atoms with Crippen molar-refractivity contribution in [3.05, 3.63) is 65.2 Å². The lowest BCUT2D eigenvalue weighted by Crippen LogP contribution is -2.26. The third-order valence-corrected chi connectivity index (χ3v) is 5.19. The molecular weight excluding hydrogens is 300 g/mol. The number of carbonyl (C=O) groups excluding carboxylic acids is 1. The molecule has 2 N–H and O–H groups in total. The largest absolute Gasteiger partial charge is 0.366 e. The molecule has 2 aromatic rings. The molecule has 0 spiro atoms. The third kappa shape index (κ3) is 3.52. The van der Waals surface area contributed by atoms with Crippen molar-refractivity contribution in [1.29, 1.82) is 0 Å². The molecule has 0 aliphatic carbocycles. The van der Waals surface area contributed by atoms with Crippen LogP contribution in [-0.2, 0) is 16.6 Å². The normalized spacial score (nSPS) is 11.6. The molecule has 22 heavy (non-hydrogen) atoms. The number of sulfonamides is 1. The van der Waals surface area contributed by atoms with Crippen LogP contribution in [0.3, 0.4) is 0 Å². The van der Waals surface area contributed by atoms with Crippen LogP contribution in [0.2, 0.25) is 0 Å². The predicted octanol–water partition coefficient (Wildman–Crippen LogP) is 1.91. The minimum Gasteiger partial charge on any atom is -0.366 e. The Morgan fingerprint density at radius 2 is 1.59 bits per heavy atom. The highest BCUT2D eigenvalue weighted by Gasteiger charge is 2.20. The molecule has 6 heteroatoms. The first-order chi connectivity index (χ1) is 10.3. The standard InChI is InChI=1S/C16H18N2O3S/c1-12-3-9-15(10-4-12)22(20,21)18(2)11-13-5-7-14(8-6-13)16(17)19/h3-10H,11H2,1-2H3,(H2,17,19). The summed E-state index contributed by atoms with van der Waals surface area (Å²) in [5.41, 5.74) is 7.36. The van der Waals surface area contributed by atoms with E-state index in [1.807, 2.05) is 6.92 Å². The molecule has 5 nitrogen and oxygen atoms in total. The van der Waals surface area contributed by atoms with E-state index in [9.17, 15) is 13.2 Å². The Morgan fingerprint density at radius 3 is 2.09 bits per heavy atom. The summed E-state index contributed by atoms with van der Waals surface area (Å²) in [7, 11) is -2.01. The molecule has 2 aromatic carbocycles. The second-order valence-corrected chi connectivity index (χ2v) is 7.18. The van der Waals surface area contributed by atoms with Crippen LogP contribution in [0, 0.1) is 6.92 Å². The second kappa shape index (κ2) is 6.29. The van der Waals surface area contributed by atoms with Crippen LogP contribution in [0.1, 0.15) is 21.5 Å². The Labute approximate surface area is 130 Å². The number of hydrogen-bond donors (Lipinski definition) is 1. The lowest BCUT2D eigenvalue weighted by atomic mass is 10.1. The molecule has 116 valence electrons. The molecular formula is C16H18N2O3S. The molecule has 1 amide bonds. The number of hydrogen-bond acceptors (Lipinski definition) is 3. The summed E-state index contributed by atoms with van der Waals surface area (Å²) in [6, 6.07) is 13.3. The van der Waals surface area contributed by atoms with Crippen LogP contribution < -0.4 is 5.73 Å². The lowest BCUT2D eigenvalue weighted by molar-refractivity contribution is 0.1000. The highest BCUT2D eigenvalue weighted by Crippen LogP contribution is 2.17. The first-order valence-corrected chi connectivity index (χ1v) is 8.16. The second-order valence-electron chi connectivity index (χ2n) is 5.14. The van der Waals surface area contributed by atoms with E-state index in [4.69, 9.17) is 5.73 Å². The molecule has 0 heterocycles. The molecule has 0 aliphatic rings. The van der Waals surface area contributed by atoms with E-state index in [-0.39, 0.29) is 11.4 Å². The van der Waals surface area contributed by atoms with Crippen LogP contribution in [0.4, 0.5) is 0 Å². The summed E-state index contributed by atoms with van der Waals surface area (Å²) in [4.78, 5) is 11.3. The molecule has 0 radical (unpaired) electrons. The summed E-state index contributed by atoms with van der Waals surface area (Å²) in [5.74, 6) is -0.507. The van der Waals surface area contributed by atoms with Crippen LogP contribution in [0.25, 0.3) is 0 Å². The summed E-state index contributed by atoms with van der Waals surface area (Å²) >= 11 is 0. The monoisotopic (exact) mass is 318 g/mol. The SMILES string of the molecule is Cc1ccc(S(=O)(=O)N(C)Cc2ccc(C(N)=O)cc2)cc1. The van der Waals surface area contributed by atoms with E-state index in [0.29, 0.717) is 5.56 Å². The molecule has 0 saturated carbocycles. The van der Waals surface area contributed by atoms with E-state index in [1.165, 1.54) is 11.4 Å². The first-order valence-electron chi connectivity index (χ1n) is 6.72. The van der Waals surface area contributed by atoms with E-state index >= 15 is 0 Å². The van der Waals surface area contributed by atoms with Crippen molar-refractivity contribution in [2.24, 2.45) is 5.73 Å². The molecule has 0 saturated heterocycles. The van der Waals surface area contributed by atoms with E-state index in [1.54, 1.807) is 48.5 Å². The van der Waals surface area contributed by atoms with Gasteiger partial charge in [0.05, 0.1) is 4.90 Å². The van der Waals surface area contributed by atoms with Gasteiger partial charge in [-0.3, -0.25) is 4.79 Å². The van der Waals surface area contributed by atoms with E-state index in [2.05, 4.69) is 0 Å². The molecule has 2 rings (SSSR count). The fraction of sp³-hybridized carbons (Fsp3) is 0.188. The van der Waals surface area contributed by atoms with Gasteiger partial charge >= 0.3 is 0 Å². The van der Waals surface area contributed by atoms with Gasteiger partial charge in [0, 0.05) is 19.2 Å². The van der Waals surface area contributed by atoms with Crippen molar-refractivity contribution in [2.75, 3.05) is 7.05 Å². The zero-order chi connectivity index (χ0) is 16.3. The van der Waals surface area contributed by atoms with Gasteiger partial charge in [-0.2, -0.15) is 4.31 Å². The molecule has 0 aromatic heterocycles. The minimum atomic E-state index is -3.54. The maximum absolute atomic E-state index is 12.5. The van der Waals surface area contributed by atoms with Gasteiger partial charge in [0.2, 0.25) is 15.9 Å². The number of aryl methyl sites for hydroxylation is 1. The fourth-order valence-electron chi connectivity index (χ4n) is 2.01. The Morgan fingerprint density at radius 1 is 1.05 bits per heavy atom. The lowest BCUT2D eigenvalue weighted by Gasteiger charge is -2.17. The zero-order valence-electron chi connectivity index (χ0n) is 12.5. The Kier molecular flexibility index (Phi) is 4.63. The van der Waals surface area contributed by atoms with E-state index in [0.717, 1.165) is 11.1 Å².